The lowest BCUT2D eigenvalue weighted by molar-refractivity contribution is -0.162. The highest BCUT2D eigenvalue weighted by Crippen LogP contribution is 2.35. The van der Waals surface area contributed by atoms with Crippen molar-refractivity contribution in [2.45, 2.75) is 51.7 Å². The van der Waals surface area contributed by atoms with E-state index in [-0.39, 0.29) is 12.5 Å². The van der Waals surface area contributed by atoms with E-state index >= 15 is 0 Å². The molecule has 1 aliphatic rings. The van der Waals surface area contributed by atoms with E-state index in [1.54, 1.807) is 0 Å². The molecule has 3 rings (SSSR count). The van der Waals surface area contributed by atoms with E-state index in [4.69, 9.17) is 4.74 Å². The average molecular weight is 476 g/mol. The highest BCUT2D eigenvalue weighted by molar-refractivity contribution is 5.91. The number of halogens is 6. The number of hydrogen-bond acceptors (Lipinski definition) is 4. The molecule has 1 saturated heterocycles. The van der Waals surface area contributed by atoms with Crippen molar-refractivity contribution < 1.29 is 45.3 Å². The largest absolute Gasteiger partial charge is 0.426 e. The third-order valence-corrected chi connectivity index (χ3v) is 5.17. The highest BCUT2D eigenvalue weighted by atomic mass is 19.3. The normalized spacial score (nSPS) is 18.8. The minimum Gasteiger partial charge on any atom is -0.426 e. The Morgan fingerprint density at radius 1 is 1.03 bits per heavy atom. The number of hydrogen-bond donors (Lipinski definition) is 0. The maximum Gasteiger partial charge on any atom is 0.395 e. The summed E-state index contributed by atoms with van der Waals surface area (Å²) in [5, 5.41) is 0. The van der Waals surface area contributed by atoms with Gasteiger partial charge in [0.2, 0.25) is 0 Å². The molecule has 1 heterocycles. The monoisotopic (exact) mass is 476 g/mol. The molecule has 0 radical (unpaired) electrons. The summed E-state index contributed by atoms with van der Waals surface area (Å²) in [4.78, 5) is 12.3. The van der Waals surface area contributed by atoms with Gasteiger partial charge >= 0.3 is 12.1 Å². The molecule has 2 unspecified atom stereocenters. The van der Waals surface area contributed by atoms with Crippen molar-refractivity contribution in [2.24, 2.45) is 5.92 Å². The fourth-order valence-corrected chi connectivity index (χ4v) is 3.71. The smallest absolute Gasteiger partial charge is 0.395 e. The van der Waals surface area contributed by atoms with Gasteiger partial charge in [-0.1, -0.05) is 13.3 Å². The van der Waals surface area contributed by atoms with Crippen LogP contribution < -0.4 is 9.47 Å². The molecule has 4 nitrogen and oxygen atoms in total. The molecule has 2 aromatic carbocycles. The van der Waals surface area contributed by atoms with Crippen LogP contribution in [0.4, 0.5) is 26.3 Å². The topological polar surface area (TPSA) is 44.8 Å². The molecule has 0 N–H and O–H groups in total. The Morgan fingerprint density at radius 3 is 2.12 bits per heavy atom. The average Bonchev–Trinajstić information content (AvgIpc) is 2.70. The fraction of sp³-hybridized carbons (Fsp3) is 0.435. The lowest BCUT2D eigenvalue weighted by Crippen LogP contribution is -2.22. The van der Waals surface area contributed by atoms with E-state index in [2.05, 4.69) is 16.4 Å². The van der Waals surface area contributed by atoms with Gasteiger partial charge in [0.15, 0.2) is 17.4 Å². The molecular weight excluding hydrogens is 454 g/mol. The third-order valence-electron chi connectivity index (χ3n) is 5.17. The van der Waals surface area contributed by atoms with Gasteiger partial charge in [-0.05, 0) is 42.9 Å². The van der Waals surface area contributed by atoms with Crippen molar-refractivity contribution in [3.05, 3.63) is 58.7 Å². The van der Waals surface area contributed by atoms with Crippen molar-refractivity contribution in [1.82, 2.24) is 0 Å². The molecule has 2 aromatic rings. The summed E-state index contributed by atoms with van der Waals surface area (Å²) in [5.41, 5.74) is -0.852. The van der Waals surface area contributed by atoms with Crippen LogP contribution in [0.15, 0.2) is 24.3 Å². The number of benzene rings is 2. The molecule has 0 aliphatic carbocycles. The van der Waals surface area contributed by atoms with Crippen molar-refractivity contribution in [3.63, 3.8) is 0 Å². The minimum atomic E-state index is -3.87. The molecule has 2 atom stereocenters. The predicted octanol–water partition coefficient (Wildman–Crippen LogP) is 6.72. The molecule has 0 aromatic heterocycles. The van der Waals surface area contributed by atoms with Gasteiger partial charge in [-0.15, -0.1) is 0 Å². The zero-order chi connectivity index (χ0) is 24.3. The molecule has 10 heteroatoms. The van der Waals surface area contributed by atoms with E-state index in [0.717, 1.165) is 31.4 Å². The maximum absolute atomic E-state index is 14.6. The maximum atomic E-state index is 14.6. The standard InChI is InChI=1S/C23H22F6O4/c1-3-4-12-5-6-19(31-11-12)13-7-15(24)20(16(25)8-13)22(30)32-14-9-17(26)21(18(27)10-14)33-23(2,28)29/h7-10,12,19H,3-6,11H2,1-2H3. The summed E-state index contributed by atoms with van der Waals surface area (Å²) >= 11 is 0. The van der Waals surface area contributed by atoms with E-state index in [0.29, 0.717) is 31.1 Å². The van der Waals surface area contributed by atoms with Crippen LogP contribution in [0, 0.1) is 29.2 Å². The fourth-order valence-electron chi connectivity index (χ4n) is 3.71. The molecule has 180 valence electrons. The van der Waals surface area contributed by atoms with Crippen LogP contribution in [0.25, 0.3) is 0 Å². The summed E-state index contributed by atoms with van der Waals surface area (Å²) in [6.07, 6.45) is -0.987. The quantitative estimate of drug-likeness (QED) is 0.253. The molecule has 1 fully saturated rings. The van der Waals surface area contributed by atoms with Crippen molar-refractivity contribution in [2.75, 3.05) is 6.61 Å². The van der Waals surface area contributed by atoms with Gasteiger partial charge in [-0.3, -0.25) is 0 Å². The summed E-state index contributed by atoms with van der Waals surface area (Å²) in [5.74, 6) is -9.01. The number of carbonyl (C=O) groups is 1. The SMILES string of the molecule is CCCC1CCC(c2cc(F)c(C(=O)Oc3cc(F)c(OC(C)(F)F)c(F)c3)c(F)c2)OC1. The van der Waals surface area contributed by atoms with Crippen LogP contribution in [0.2, 0.25) is 0 Å². The zero-order valence-corrected chi connectivity index (χ0v) is 17.9. The Morgan fingerprint density at radius 2 is 1.64 bits per heavy atom. The van der Waals surface area contributed by atoms with Crippen LogP contribution in [0.3, 0.4) is 0 Å². The second-order valence-electron chi connectivity index (χ2n) is 7.93. The van der Waals surface area contributed by atoms with Gasteiger partial charge in [0, 0.05) is 19.1 Å². The van der Waals surface area contributed by atoms with Crippen molar-refractivity contribution in [3.8, 4) is 11.5 Å². The van der Waals surface area contributed by atoms with Crippen molar-refractivity contribution >= 4 is 5.97 Å². The summed E-state index contributed by atoms with van der Waals surface area (Å²) in [7, 11) is 0. The Bertz CT molecular complexity index is 966. The van der Waals surface area contributed by atoms with Gasteiger partial charge in [-0.2, -0.15) is 8.78 Å². The molecule has 0 bridgehead atoms. The lowest BCUT2D eigenvalue weighted by Gasteiger charge is -2.29. The van der Waals surface area contributed by atoms with Gasteiger partial charge in [0.05, 0.1) is 12.7 Å². The highest BCUT2D eigenvalue weighted by Gasteiger charge is 2.30. The lowest BCUT2D eigenvalue weighted by atomic mass is 9.91. The number of ether oxygens (including phenoxy) is 3. The molecule has 0 saturated carbocycles. The van der Waals surface area contributed by atoms with Crippen molar-refractivity contribution in [1.29, 1.82) is 0 Å². The van der Waals surface area contributed by atoms with Gasteiger partial charge in [0.25, 0.3) is 0 Å². The Labute approximate surface area is 186 Å². The molecule has 0 spiro atoms. The first kappa shape index (κ1) is 24.9. The van der Waals surface area contributed by atoms with Crippen LogP contribution in [-0.2, 0) is 4.74 Å². The summed E-state index contributed by atoms with van der Waals surface area (Å²) in [6.45, 7) is 2.80. The second-order valence-corrected chi connectivity index (χ2v) is 7.93. The Kier molecular flexibility index (Phi) is 7.56. The first-order valence-electron chi connectivity index (χ1n) is 10.4. The zero-order valence-electron chi connectivity index (χ0n) is 17.9. The summed E-state index contributed by atoms with van der Waals surface area (Å²) in [6, 6.07) is 2.67. The van der Waals surface area contributed by atoms with Crippen LogP contribution in [-0.4, -0.2) is 18.7 Å². The van der Waals surface area contributed by atoms with E-state index in [9.17, 15) is 31.1 Å². The number of carbonyl (C=O) groups excluding carboxylic acids is 1. The molecular formula is C23H22F6O4. The van der Waals surface area contributed by atoms with Crippen LogP contribution in [0.5, 0.6) is 11.5 Å². The Hall–Kier alpha value is -2.75. The van der Waals surface area contributed by atoms with Crippen LogP contribution >= 0.6 is 0 Å². The van der Waals surface area contributed by atoms with E-state index in [1.807, 2.05) is 0 Å². The number of esters is 1. The molecule has 33 heavy (non-hydrogen) atoms. The first-order valence-corrected chi connectivity index (χ1v) is 10.4. The first-order chi connectivity index (χ1) is 15.5. The summed E-state index contributed by atoms with van der Waals surface area (Å²) < 4.78 is 97.0. The second kappa shape index (κ2) is 10.0. The van der Waals surface area contributed by atoms with Crippen LogP contribution in [0.1, 0.15) is 61.6 Å². The van der Waals surface area contributed by atoms with E-state index in [1.165, 1.54) is 0 Å². The number of alkyl halides is 2. The van der Waals surface area contributed by atoms with Gasteiger partial charge < -0.3 is 14.2 Å². The molecule has 0 amide bonds. The minimum absolute atomic E-state index is 0.218. The number of rotatable bonds is 7. The molecule has 1 aliphatic heterocycles. The third kappa shape index (κ3) is 6.19. The van der Waals surface area contributed by atoms with Gasteiger partial charge in [-0.25, -0.2) is 22.4 Å². The van der Waals surface area contributed by atoms with Gasteiger partial charge in [0.1, 0.15) is 22.9 Å². The predicted molar refractivity (Wildman–Crippen MR) is 105 cm³/mol. The Balaban J connectivity index is 1.76. The van der Waals surface area contributed by atoms with E-state index < -0.39 is 58.5 Å².